The molecule has 0 aromatic heterocycles. The van der Waals surface area contributed by atoms with Crippen molar-refractivity contribution in [1.29, 1.82) is 0 Å². The molecule has 4 aromatic rings. The molecule has 1 aliphatic heterocycles. The van der Waals surface area contributed by atoms with Gasteiger partial charge in [0.2, 0.25) is 5.91 Å². The summed E-state index contributed by atoms with van der Waals surface area (Å²) < 4.78 is 5.37. The molecule has 0 aliphatic carbocycles. The van der Waals surface area contributed by atoms with Crippen LogP contribution in [-0.4, -0.2) is 34.7 Å². The van der Waals surface area contributed by atoms with Gasteiger partial charge in [-0.1, -0.05) is 60.7 Å². The maximum atomic E-state index is 12.6. The van der Waals surface area contributed by atoms with Gasteiger partial charge in [0.25, 0.3) is 5.91 Å². The molecule has 7 nitrogen and oxygen atoms in total. The van der Waals surface area contributed by atoms with E-state index in [1.807, 2.05) is 53.4 Å². The highest BCUT2D eigenvalue weighted by Crippen LogP contribution is 2.39. The Hall–Kier alpha value is -4.69. The molecule has 39 heavy (non-hydrogen) atoms. The summed E-state index contributed by atoms with van der Waals surface area (Å²) >= 11 is 1.58. The van der Waals surface area contributed by atoms with Crippen molar-refractivity contribution in [1.82, 2.24) is 10.3 Å². The Kier molecular flexibility index (Phi) is 8.14. The average molecular weight is 536 g/mol. The van der Waals surface area contributed by atoms with E-state index in [0.29, 0.717) is 29.2 Å². The number of amides is 2. The third-order valence-corrected chi connectivity index (χ3v) is 7.36. The van der Waals surface area contributed by atoms with Crippen molar-refractivity contribution >= 4 is 35.8 Å². The molecular formula is C31H25N3O4S. The number of hydrogen-bond acceptors (Lipinski definition) is 6. The number of nitrogens with one attached hydrogen (secondary N) is 1. The molecule has 1 heterocycles. The highest BCUT2D eigenvalue weighted by molar-refractivity contribution is 8.00. The Balaban J connectivity index is 1.15. The van der Waals surface area contributed by atoms with E-state index < -0.39 is 5.97 Å². The van der Waals surface area contributed by atoms with E-state index in [4.69, 9.17) is 4.74 Å². The van der Waals surface area contributed by atoms with E-state index in [2.05, 4.69) is 10.5 Å². The predicted octanol–water partition coefficient (Wildman–Crippen LogP) is 5.44. The lowest BCUT2D eigenvalue weighted by molar-refractivity contribution is -0.128. The fourth-order valence-corrected chi connectivity index (χ4v) is 5.26. The zero-order chi connectivity index (χ0) is 27.0. The van der Waals surface area contributed by atoms with Crippen LogP contribution in [0.4, 0.5) is 0 Å². The van der Waals surface area contributed by atoms with Crippen molar-refractivity contribution in [3.05, 3.63) is 137 Å². The van der Waals surface area contributed by atoms with Crippen LogP contribution in [0.3, 0.4) is 0 Å². The van der Waals surface area contributed by atoms with E-state index >= 15 is 0 Å². The van der Waals surface area contributed by atoms with Gasteiger partial charge in [0.1, 0.15) is 11.1 Å². The van der Waals surface area contributed by atoms with Crippen LogP contribution in [0.25, 0.3) is 0 Å². The second-order valence-corrected chi connectivity index (χ2v) is 9.88. The van der Waals surface area contributed by atoms with Crippen LogP contribution >= 0.6 is 11.8 Å². The van der Waals surface area contributed by atoms with Crippen LogP contribution in [0.2, 0.25) is 0 Å². The smallest absolute Gasteiger partial charge is 0.343 e. The Morgan fingerprint density at radius 1 is 0.872 bits per heavy atom. The number of esters is 1. The van der Waals surface area contributed by atoms with Crippen LogP contribution in [0.5, 0.6) is 5.75 Å². The Labute approximate surface area is 230 Å². The summed E-state index contributed by atoms with van der Waals surface area (Å²) in [6.45, 7) is 0.546. The predicted molar refractivity (Wildman–Crippen MR) is 152 cm³/mol. The molecule has 2 amide bonds. The lowest BCUT2D eigenvalue weighted by Gasteiger charge is -2.24. The summed E-state index contributed by atoms with van der Waals surface area (Å²) in [5.74, 6) is 0.173. The van der Waals surface area contributed by atoms with Gasteiger partial charge in [0.05, 0.1) is 17.5 Å². The SMILES string of the molecule is O=C(N/N=C\c1ccc(OC(=O)c2ccccc2)cc1)c1ccc([C@H]2SCC(=O)N2Cc2ccccc2)cc1. The van der Waals surface area contributed by atoms with Crippen molar-refractivity contribution in [2.24, 2.45) is 5.10 Å². The fourth-order valence-electron chi connectivity index (χ4n) is 4.07. The van der Waals surface area contributed by atoms with Crippen molar-refractivity contribution in [2.75, 3.05) is 5.75 Å². The molecule has 0 radical (unpaired) electrons. The third kappa shape index (κ3) is 6.61. The average Bonchev–Trinajstić information content (AvgIpc) is 3.34. The second kappa shape index (κ2) is 12.2. The molecule has 5 rings (SSSR count). The van der Waals surface area contributed by atoms with E-state index in [-0.39, 0.29) is 17.2 Å². The quantitative estimate of drug-likeness (QED) is 0.140. The minimum Gasteiger partial charge on any atom is -0.423 e. The normalized spacial score (nSPS) is 14.9. The minimum absolute atomic E-state index is 0.0947. The van der Waals surface area contributed by atoms with Gasteiger partial charge in [-0.05, 0) is 65.2 Å². The number of carbonyl (C=O) groups excluding carboxylic acids is 3. The van der Waals surface area contributed by atoms with Crippen molar-refractivity contribution < 1.29 is 19.1 Å². The number of ether oxygens (including phenoxy) is 1. The summed E-state index contributed by atoms with van der Waals surface area (Å²) in [6.07, 6.45) is 1.51. The molecule has 8 heteroatoms. The first-order valence-corrected chi connectivity index (χ1v) is 13.4. The largest absolute Gasteiger partial charge is 0.423 e. The molecule has 0 spiro atoms. The number of hydrogen-bond donors (Lipinski definition) is 1. The first kappa shape index (κ1) is 25.9. The lowest BCUT2D eigenvalue weighted by Crippen LogP contribution is -2.27. The summed E-state index contributed by atoms with van der Waals surface area (Å²) in [5.41, 5.74) is 6.24. The van der Waals surface area contributed by atoms with Gasteiger partial charge in [-0.15, -0.1) is 11.8 Å². The van der Waals surface area contributed by atoms with Gasteiger partial charge in [-0.3, -0.25) is 9.59 Å². The van der Waals surface area contributed by atoms with Crippen molar-refractivity contribution in [3.63, 3.8) is 0 Å². The monoisotopic (exact) mass is 535 g/mol. The van der Waals surface area contributed by atoms with Crippen LogP contribution < -0.4 is 10.2 Å². The molecule has 1 fully saturated rings. The van der Waals surface area contributed by atoms with Crippen molar-refractivity contribution in [2.45, 2.75) is 11.9 Å². The number of carbonyl (C=O) groups is 3. The molecule has 1 atom stereocenters. The Morgan fingerprint density at radius 2 is 1.54 bits per heavy atom. The molecule has 4 aromatic carbocycles. The topological polar surface area (TPSA) is 88.1 Å². The number of nitrogens with zero attached hydrogens (tertiary/aromatic N) is 2. The van der Waals surface area contributed by atoms with Gasteiger partial charge in [0, 0.05) is 12.1 Å². The minimum atomic E-state index is -0.433. The number of benzene rings is 4. The summed E-state index contributed by atoms with van der Waals surface area (Å²) in [7, 11) is 0. The third-order valence-electron chi connectivity index (χ3n) is 6.10. The van der Waals surface area contributed by atoms with E-state index in [1.54, 1.807) is 72.4 Å². The van der Waals surface area contributed by atoms with Gasteiger partial charge < -0.3 is 9.64 Å². The van der Waals surface area contributed by atoms with Crippen molar-refractivity contribution in [3.8, 4) is 5.75 Å². The molecule has 194 valence electrons. The molecule has 0 saturated carbocycles. The van der Waals surface area contributed by atoms with Gasteiger partial charge in [0.15, 0.2) is 0 Å². The molecular weight excluding hydrogens is 510 g/mol. The molecule has 1 aliphatic rings. The fraction of sp³-hybridized carbons (Fsp3) is 0.0968. The standard InChI is InChI=1S/C31H25N3O4S/c35-28-21-39-30(34(28)20-23-7-3-1-4-8-23)25-15-13-24(14-16-25)29(36)33-32-19-22-11-17-27(18-12-22)38-31(37)26-9-5-2-6-10-26/h1-19,30H,20-21H2,(H,33,36)/b32-19-/t30-/m1/s1. The summed E-state index contributed by atoms with van der Waals surface area (Å²) in [4.78, 5) is 39.1. The first-order chi connectivity index (χ1) is 19.1. The van der Waals surface area contributed by atoms with Crippen LogP contribution in [0, 0.1) is 0 Å². The maximum absolute atomic E-state index is 12.6. The van der Waals surface area contributed by atoms with E-state index in [0.717, 1.165) is 16.7 Å². The van der Waals surface area contributed by atoms with Gasteiger partial charge in [-0.2, -0.15) is 5.10 Å². The molecule has 0 bridgehead atoms. The first-order valence-electron chi connectivity index (χ1n) is 12.3. The summed E-state index contributed by atoms with van der Waals surface area (Å²) in [5, 5.41) is 3.94. The molecule has 1 N–H and O–H groups in total. The van der Waals surface area contributed by atoms with E-state index in [9.17, 15) is 14.4 Å². The number of rotatable bonds is 8. The van der Waals surface area contributed by atoms with Gasteiger partial charge in [-0.25, -0.2) is 10.2 Å². The maximum Gasteiger partial charge on any atom is 0.343 e. The number of thioether (sulfide) groups is 1. The Morgan fingerprint density at radius 3 is 2.23 bits per heavy atom. The zero-order valence-corrected chi connectivity index (χ0v) is 21.7. The lowest BCUT2D eigenvalue weighted by atomic mass is 10.1. The Bertz CT molecular complexity index is 1470. The molecule has 0 unspecified atom stereocenters. The highest BCUT2D eigenvalue weighted by atomic mass is 32.2. The number of hydrazone groups is 1. The van der Waals surface area contributed by atoms with Crippen LogP contribution in [0.1, 0.15) is 42.8 Å². The van der Waals surface area contributed by atoms with E-state index in [1.165, 1.54) is 6.21 Å². The van der Waals surface area contributed by atoms with Crippen LogP contribution in [0.15, 0.2) is 114 Å². The molecule has 1 saturated heterocycles. The second-order valence-electron chi connectivity index (χ2n) is 8.82. The summed E-state index contributed by atoms with van der Waals surface area (Å²) in [6, 6.07) is 32.7. The van der Waals surface area contributed by atoms with Gasteiger partial charge >= 0.3 is 5.97 Å². The van der Waals surface area contributed by atoms with Crippen LogP contribution in [-0.2, 0) is 11.3 Å². The zero-order valence-electron chi connectivity index (χ0n) is 20.9. The highest BCUT2D eigenvalue weighted by Gasteiger charge is 2.32.